The number of carbonyl (C=O) groups is 3. The highest BCUT2D eigenvalue weighted by molar-refractivity contribution is 5.93. The minimum absolute atomic E-state index is 0.0404. The molecule has 0 spiro atoms. The summed E-state index contributed by atoms with van der Waals surface area (Å²) in [4.78, 5) is 41.7. The summed E-state index contributed by atoms with van der Waals surface area (Å²) >= 11 is 0. The minimum Gasteiger partial charge on any atom is -0.444 e. The van der Waals surface area contributed by atoms with Crippen molar-refractivity contribution in [1.29, 1.82) is 0 Å². The second-order valence-corrected chi connectivity index (χ2v) is 10.7. The topological polar surface area (TPSA) is 108 Å². The summed E-state index contributed by atoms with van der Waals surface area (Å²) in [5, 5.41) is 15.7. The Labute approximate surface area is 214 Å². The molecule has 0 radical (unpaired) electrons. The summed E-state index contributed by atoms with van der Waals surface area (Å²) in [5.74, 6) is 1.82. The van der Waals surface area contributed by atoms with Crippen LogP contribution in [-0.2, 0) is 14.3 Å². The van der Waals surface area contributed by atoms with Crippen LogP contribution in [0.5, 0.6) is 0 Å². The molecule has 3 amide bonds. The second kappa shape index (κ2) is 12.3. The first-order valence-electron chi connectivity index (χ1n) is 12.9. The monoisotopic (exact) mass is 497 g/mol. The van der Waals surface area contributed by atoms with E-state index in [0.717, 1.165) is 51.4 Å². The number of alkyl carbamates (subject to hydrolysis) is 1. The SMILES string of the molecule is C#Cc1ccccc1C(C(=O)NC1CCCCC1)N(C(=O)C(CO)NC(=O)OC(C)(C)C)C1CCC1. The maximum Gasteiger partial charge on any atom is 0.408 e. The van der Waals surface area contributed by atoms with Gasteiger partial charge in [-0.3, -0.25) is 9.59 Å². The summed E-state index contributed by atoms with van der Waals surface area (Å²) in [6, 6.07) is 4.71. The van der Waals surface area contributed by atoms with Crippen LogP contribution in [0, 0.1) is 12.3 Å². The van der Waals surface area contributed by atoms with Crippen LogP contribution in [0.1, 0.15) is 89.3 Å². The summed E-state index contributed by atoms with van der Waals surface area (Å²) in [6.07, 6.45) is 12.4. The standard InChI is InChI=1S/C28H39N3O5/c1-5-19-12-9-10-17-22(19)24(25(33)29-20-13-7-6-8-14-20)31(21-15-11-16-21)26(34)23(18-32)30-27(35)36-28(2,3)4/h1,9-10,12,17,20-21,23-24,32H,6-8,11,13-16,18H2,2-4H3,(H,29,33)(H,30,35). The normalized spacial score (nSPS) is 18.2. The molecular weight excluding hydrogens is 458 g/mol. The van der Waals surface area contributed by atoms with Crippen LogP contribution in [0.3, 0.4) is 0 Å². The molecule has 0 aromatic heterocycles. The van der Waals surface area contributed by atoms with Gasteiger partial charge in [-0.15, -0.1) is 6.42 Å². The molecule has 0 heterocycles. The van der Waals surface area contributed by atoms with E-state index in [-0.39, 0.29) is 18.0 Å². The van der Waals surface area contributed by atoms with E-state index in [1.54, 1.807) is 45.0 Å². The number of rotatable bonds is 8. The molecule has 1 aromatic carbocycles. The molecule has 0 saturated heterocycles. The summed E-state index contributed by atoms with van der Waals surface area (Å²) in [6.45, 7) is 4.51. The van der Waals surface area contributed by atoms with Crippen LogP contribution in [0.2, 0.25) is 0 Å². The van der Waals surface area contributed by atoms with Crippen LogP contribution in [0.25, 0.3) is 0 Å². The highest BCUT2D eigenvalue weighted by atomic mass is 16.6. The van der Waals surface area contributed by atoms with Gasteiger partial charge in [-0.1, -0.05) is 43.4 Å². The van der Waals surface area contributed by atoms with Crippen molar-refractivity contribution in [3.05, 3.63) is 35.4 Å². The molecule has 1 aromatic rings. The van der Waals surface area contributed by atoms with Crippen molar-refractivity contribution in [2.75, 3.05) is 6.61 Å². The van der Waals surface area contributed by atoms with Crippen molar-refractivity contribution in [2.45, 2.75) is 102 Å². The molecule has 2 saturated carbocycles. The molecule has 36 heavy (non-hydrogen) atoms. The minimum atomic E-state index is -1.26. The molecule has 196 valence electrons. The maximum absolute atomic E-state index is 13.9. The zero-order valence-corrected chi connectivity index (χ0v) is 21.6. The van der Waals surface area contributed by atoms with Crippen LogP contribution in [0.4, 0.5) is 4.79 Å². The van der Waals surface area contributed by atoms with E-state index in [4.69, 9.17) is 11.2 Å². The maximum atomic E-state index is 13.9. The Balaban J connectivity index is 1.96. The number of benzene rings is 1. The molecule has 3 rings (SSSR count). The number of aliphatic hydroxyl groups excluding tert-OH is 1. The van der Waals surface area contributed by atoms with Crippen LogP contribution in [0.15, 0.2) is 24.3 Å². The second-order valence-electron chi connectivity index (χ2n) is 10.7. The van der Waals surface area contributed by atoms with Gasteiger partial charge in [-0.05, 0) is 64.5 Å². The Morgan fingerprint density at radius 2 is 1.78 bits per heavy atom. The molecule has 0 aliphatic heterocycles. The molecule has 8 nitrogen and oxygen atoms in total. The van der Waals surface area contributed by atoms with Crippen molar-refractivity contribution in [3.8, 4) is 12.3 Å². The first-order chi connectivity index (χ1) is 17.1. The zero-order chi connectivity index (χ0) is 26.3. The summed E-state index contributed by atoms with van der Waals surface area (Å²) < 4.78 is 5.29. The number of amides is 3. The lowest BCUT2D eigenvalue weighted by atomic mass is 9.87. The third-order valence-corrected chi connectivity index (χ3v) is 6.78. The molecule has 2 aliphatic rings. The van der Waals surface area contributed by atoms with E-state index >= 15 is 0 Å². The first kappa shape index (κ1) is 27.5. The van der Waals surface area contributed by atoms with Gasteiger partial charge in [0.25, 0.3) is 0 Å². The Bertz CT molecular complexity index is 970. The molecule has 0 bridgehead atoms. The largest absolute Gasteiger partial charge is 0.444 e. The van der Waals surface area contributed by atoms with Crippen molar-refractivity contribution < 1.29 is 24.2 Å². The van der Waals surface area contributed by atoms with Gasteiger partial charge in [-0.2, -0.15) is 0 Å². The van der Waals surface area contributed by atoms with Gasteiger partial charge in [-0.25, -0.2) is 4.79 Å². The quantitative estimate of drug-likeness (QED) is 0.477. The van der Waals surface area contributed by atoms with Gasteiger partial charge >= 0.3 is 6.09 Å². The van der Waals surface area contributed by atoms with E-state index in [9.17, 15) is 19.5 Å². The van der Waals surface area contributed by atoms with E-state index in [2.05, 4.69) is 16.6 Å². The Hall–Kier alpha value is -3.05. The lowest BCUT2D eigenvalue weighted by molar-refractivity contribution is -0.148. The zero-order valence-electron chi connectivity index (χ0n) is 21.6. The highest BCUT2D eigenvalue weighted by Crippen LogP contribution is 2.35. The third kappa shape index (κ3) is 7.01. The fourth-order valence-corrected chi connectivity index (χ4v) is 4.81. The predicted molar refractivity (Wildman–Crippen MR) is 137 cm³/mol. The lowest BCUT2D eigenvalue weighted by Gasteiger charge is -2.44. The van der Waals surface area contributed by atoms with Crippen molar-refractivity contribution in [3.63, 3.8) is 0 Å². The number of aliphatic hydroxyl groups is 1. The van der Waals surface area contributed by atoms with E-state index in [1.807, 2.05) is 0 Å². The molecule has 2 unspecified atom stereocenters. The van der Waals surface area contributed by atoms with Gasteiger partial charge < -0.3 is 25.4 Å². The average molecular weight is 498 g/mol. The molecule has 3 N–H and O–H groups in total. The van der Waals surface area contributed by atoms with Gasteiger partial charge in [0.1, 0.15) is 17.7 Å². The van der Waals surface area contributed by atoms with Gasteiger partial charge in [0.2, 0.25) is 11.8 Å². The Morgan fingerprint density at radius 1 is 1.11 bits per heavy atom. The molecule has 2 atom stereocenters. The third-order valence-electron chi connectivity index (χ3n) is 6.78. The molecule has 2 fully saturated rings. The number of ether oxygens (including phenoxy) is 1. The first-order valence-corrected chi connectivity index (χ1v) is 12.9. The average Bonchev–Trinajstić information content (AvgIpc) is 2.80. The van der Waals surface area contributed by atoms with Crippen LogP contribution >= 0.6 is 0 Å². The number of hydrogen-bond acceptors (Lipinski definition) is 5. The molecular formula is C28H39N3O5. The van der Waals surface area contributed by atoms with E-state index in [1.165, 1.54) is 4.90 Å². The highest BCUT2D eigenvalue weighted by Gasteiger charge is 2.43. The number of nitrogens with one attached hydrogen (secondary N) is 2. The van der Waals surface area contributed by atoms with Gasteiger partial charge in [0, 0.05) is 17.6 Å². The predicted octanol–water partition coefficient (Wildman–Crippen LogP) is 3.42. The summed E-state index contributed by atoms with van der Waals surface area (Å²) in [7, 11) is 0. The van der Waals surface area contributed by atoms with E-state index in [0.29, 0.717) is 11.1 Å². The summed E-state index contributed by atoms with van der Waals surface area (Å²) in [5.41, 5.74) is 0.316. The number of hydrogen-bond donors (Lipinski definition) is 3. The van der Waals surface area contributed by atoms with Gasteiger partial charge in [0.15, 0.2) is 0 Å². The van der Waals surface area contributed by atoms with Crippen molar-refractivity contribution >= 4 is 17.9 Å². The molecule has 8 heteroatoms. The lowest BCUT2D eigenvalue weighted by Crippen LogP contribution is -2.59. The number of nitrogens with zero attached hydrogens (tertiary/aromatic N) is 1. The van der Waals surface area contributed by atoms with Crippen LogP contribution < -0.4 is 10.6 Å². The Morgan fingerprint density at radius 3 is 2.33 bits per heavy atom. The van der Waals surface area contributed by atoms with Crippen molar-refractivity contribution in [1.82, 2.24) is 15.5 Å². The number of terminal acetylenes is 1. The smallest absolute Gasteiger partial charge is 0.408 e. The van der Waals surface area contributed by atoms with Crippen molar-refractivity contribution in [2.24, 2.45) is 0 Å². The van der Waals surface area contributed by atoms with E-state index < -0.39 is 36.3 Å². The number of carbonyl (C=O) groups excluding carboxylic acids is 3. The molecule has 2 aliphatic carbocycles. The van der Waals surface area contributed by atoms with Crippen LogP contribution in [-0.4, -0.2) is 58.2 Å². The fourth-order valence-electron chi connectivity index (χ4n) is 4.81. The fraction of sp³-hybridized carbons (Fsp3) is 0.607. The Kier molecular flexibility index (Phi) is 9.38. The van der Waals surface area contributed by atoms with Gasteiger partial charge in [0.05, 0.1) is 6.61 Å².